The van der Waals surface area contributed by atoms with Crippen LogP contribution in [0.4, 0.5) is 5.82 Å². The Morgan fingerprint density at radius 1 is 1.29 bits per heavy atom. The lowest BCUT2D eigenvalue weighted by Crippen LogP contribution is -2.39. The largest absolute Gasteiger partial charge is 0.467 e. The summed E-state index contributed by atoms with van der Waals surface area (Å²) < 4.78 is 5.90. The van der Waals surface area contributed by atoms with Gasteiger partial charge in [0, 0.05) is 30.0 Å². The van der Waals surface area contributed by atoms with E-state index < -0.39 is 0 Å². The molecule has 4 heterocycles. The van der Waals surface area contributed by atoms with Crippen LogP contribution in [0.1, 0.15) is 29.7 Å². The molecule has 2 aliphatic heterocycles. The Morgan fingerprint density at radius 2 is 2.09 bits per heavy atom. The van der Waals surface area contributed by atoms with Crippen LogP contribution in [0.25, 0.3) is 17.0 Å². The molecule has 174 valence electrons. The normalized spacial score (nSPS) is 18.4. The lowest BCUT2D eigenvalue weighted by atomic mass is 9.96. The number of furan rings is 1. The third-order valence-corrected chi connectivity index (χ3v) is 7.61. The van der Waals surface area contributed by atoms with E-state index in [0.29, 0.717) is 47.5 Å². The van der Waals surface area contributed by atoms with Gasteiger partial charge in [0.2, 0.25) is 5.91 Å². The number of piperidine rings is 1. The van der Waals surface area contributed by atoms with Crippen LogP contribution in [0.2, 0.25) is 0 Å². The Balaban J connectivity index is 1.51. The van der Waals surface area contributed by atoms with E-state index in [9.17, 15) is 9.59 Å². The van der Waals surface area contributed by atoms with Crippen molar-refractivity contribution < 1.29 is 14.0 Å². The van der Waals surface area contributed by atoms with Crippen LogP contribution < -0.4 is 10.6 Å². The van der Waals surface area contributed by atoms with Gasteiger partial charge in [-0.25, -0.2) is 4.98 Å². The zero-order chi connectivity index (χ0) is 23.8. The van der Waals surface area contributed by atoms with Gasteiger partial charge in [-0.1, -0.05) is 35.6 Å². The Morgan fingerprint density at radius 3 is 2.79 bits per heavy atom. The van der Waals surface area contributed by atoms with E-state index in [1.165, 1.54) is 11.8 Å². The molecular formula is C25H24N4O3S2. The first-order valence-electron chi connectivity index (χ1n) is 11.1. The van der Waals surface area contributed by atoms with E-state index >= 15 is 0 Å². The maximum Gasteiger partial charge on any atom is 0.266 e. The van der Waals surface area contributed by atoms with Gasteiger partial charge in [0.05, 0.1) is 23.2 Å². The van der Waals surface area contributed by atoms with Crippen molar-refractivity contribution in [2.75, 3.05) is 18.0 Å². The van der Waals surface area contributed by atoms with Crippen molar-refractivity contribution in [3.8, 4) is 0 Å². The van der Waals surface area contributed by atoms with Gasteiger partial charge in [0.25, 0.3) is 5.91 Å². The Bertz CT molecular complexity index is 1310. The number of aromatic nitrogens is 1. The fraction of sp³-hybridized carbons (Fsp3) is 0.280. The molecule has 7 nitrogen and oxygen atoms in total. The Labute approximate surface area is 207 Å². The van der Waals surface area contributed by atoms with Crippen LogP contribution >= 0.6 is 24.0 Å². The summed E-state index contributed by atoms with van der Waals surface area (Å²) in [4.78, 5) is 34.1. The summed E-state index contributed by atoms with van der Waals surface area (Å²) in [6.45, 7) is 3.70. The zero-order valence-corrected chi connectivity index (χ0v) is 20.3. The average Bonchev–Trinajstić information content (AvgIpc) is 3.43. The molecule has 2 saturated heterocycles. The van der Waals surface area contributed by atoms with Crippen LogP contribution in [-0.4, -0.2) is 39.1 Å². The number of fused-ring (bicyclic) bond motifs is 1. The molecule has 2 aliphatic rings. The minimum atomic E-state index is -0.248. The number of nitrogens with zero attached hydrogens (tertiary/aromatic N) is 3. The van der Waals surface area contributed by atoms with Crippen molar-refractivity contribution in [3.63, 3.8) is 0 Å². The van der Waals surface area contributed by atoms with Gasteiger partial charge >= 0.3 is 0 Å². The number of carbonyl (C=O) groups is 2. The van der Waals surface area contributed by atoms with E-state index in [1.54, 1.807) is 17.2 Å². The molecule has 2 fully saturated rings. The van der Waals surface area contributed by atoms with Crippen LogP contribution in [0, 0.1) is 12.8 Å². The molecule has 0 bridgehead atoms. The summed E-state index contributed by atoms with van der Waals surface area (Å²) in [5.74, 6) is 0.978. The molecule has 0 atom stereocenters. The number of amides is 2. The SMILES string of the molecule is Cc1ccc2nc(N3CCC(C(N)=O)CC3)c(/C=C3\SC(=S)N(Cc4ccco4)C3=O)cc2c1. The van der Waals surface area contributed by atoms with E-state index in [0.717, 1.165) is 27.8 Å². The molecule has 0 aliphatic carbocycles. The van der Waals surface area contributed by atoms with Crippen molar-refractivity contribution >= 4 is 62.9 Å². The number of benzene rings is 1. The van der Waals surface area contributed by atoms with Crippen molar-refractivity contribution in [3.05, 3.63) is 64.5 Å². The second kappa shape index (κ2) is 9.23. The van der Waals surface area contributed by atoms with Crippen LogP contribution in [-0.2, 0) is 16.1 Å². The van der Waals surface area contributed by atoms with Crippen molar-refractivity contribution in [2.45, 2.75) is 26.3 Å². The zero-order valence-electron chi connectivity index (χ0n) is 18.7. The highest BCUT2D eigenvalue weighted by Crippen LogP contribution is 2.36. The van der Waals surface area contributed by atoms with Gasteiger partial charge in [-0.3, -0.25) is 14.5 Å². The number of rotatable bonds is 5. The van der Waals surface area contributed by atoms with Gasteiger partial charge in [0.1, 0.15) is 15.9 Å². The molecule has 2 aromatic heterocycles. The van der Waals surface area contributed by atoms with Crippen LogP contribution in [0.15, 0.2) is 52.0 Å². The third kappa shape index (κ3) is 4.45. The minimum Gasteiger partial charge on any atom is -0.467 e. The minimum absolute atomic E-state index is 0.111. The summed E-state index contributed by atoms with van der Waals surface area (Å²) in [7, 11) is 0. The summed E-state index contributed by atoms with van der Waals surface area (Å²) >= 11 is 6.78. The predicted molar refractivity (Wildman–Crippen MR) is 138 cm³/mol. The Kier molecular flexibility index (Phi) is 6.14. The van der Waals surface area contributed by atoms with Gasteiger partial charge in [-0.05, 0) is 56.2 Å². The number of aryl methyl sites for hydroxylation is 1. The molecular weight excluding hydrogens is 468 g/mol. The quantitative estimate of drug-likeness (QED) is 0.421. The first-order chi connectivity index (χ1) is 16.4. The van der Waals surface area contributed by atoms with Crippen LogP contribution in [0.5, 0.6) is 0 Å². The van der Waals surface area contributed by atoms with Crippen molar-refractivity contribution in [2.24, 2.45) is 11.7 Å². The average molecular weight is 493 g/mol. The van der Waals surface area contributed by atoms with Crippen molar-refractivity contribution in [1.29, 1.82) is 0 Å². The lowest BCUT2D eigenvalue weighted by Gasteiger charge is -2.32. The van der Waals surface area contributed by atoms with Gasteiger partial charge in [-0.15, -0.1) is 0 Å². The second-order valence-electron chi connectivity index (χ2n) is 8.61. The molecule has 0 unspecified atom stereocenters. The highest BCUT2D eigenvalue weighted by Gasteiger charge is 2.33. The summed E-state index contributed by atoms with van der Waals surface area (Å²) in [6.07, 6.45) is 4.84. The number of primary amides is 1. The first-order valence-corrected chi connectivity index (χ1v) is 12.3. The highest BCUT2D eigenvalue weighted by atomic mass is 32.2. The molecule has 2 amide bonds. The summed E-state index contributed by atoms with van der Waals surface area (Å²) in [5.41, 5.74) is 8.41. The fourth-order valence-electron chi connectivity index (χ4n) is 4.37. The standard InChI is InChI=1S/C25H24N4O3S2/c1-15-4-5-20-17(11-15)12-18(23(27-20)28-8-6-16(7-9-28)22(26)30)13-21-24(31)29(25(33)34-21)14-19-3-2-10-32-19/h2-5,10-13,16H,6-9,14H2,1H3,(H2,26,30)/b21-13-. The maximum atomic E-state index is 13.2. The number of hydrogen-bond donors (Lipinski definition) is 1. The summed E-state index contributed by atoms with van der Waals surface area (Å²) in [6, 6.07) is 11.8. The van der Waals surface area contributed by atoms with Gasteiger partial charge in [-0.2, -0.15) is 0 Å². The molecule has 0 saturated carbocycles. The molecule has 5 rings (SSSR count). The maximum absolute atomic E-state index is 13.2. The Hall–Kier alpha value is -3.17. The fourth-order valence-corrected chi connectivity index (χ4v) is 5.62. The number of thiocarbonyl (C=S) groups is 1. The van der Waals surface area contributed by atoms with Crippen LogP contribution in [0.3, 0.4) is 0 Å². The topological polar surface area (TPSA) is 92.7 Å². The van der Waals surface area contributed by atoms with Gasteiger partial charge in [0.15, 0.2) is 0 Å². The van der Waals surface area contributed by atoms with E-state index in [2.05, 4.69) is 17.0 Å². The third-order valence-electron chi connectivity index (χ3n) is 6.23. The van der Waals surface area contributed by atoms with Crippen molar-refractivity contribution in [1.82, 2.24) is 9.88 Å². The van der Waals surface area contributed by atoms with E-state index in [-0.39, 0.29) is 17.7 Å². The molecule has 0 spiro atoms. The number of hydrogen-bond acceptors (Lipinski definition) is 7. The van der Waals surface area contributed by atoms with E-state index in [1.807, 2.05) is 31.2 Å². The van der Waals surface area contributed by atoms with E-state index in [4.69, 9.17) is 27.4 Å². The second-order valence-corrected chi connectivity index (χ2v) is 10.3. The highest BCUT2D eigenvalue weighted by molar-refractivity contribution is 8.26. The first kappa shape index (κ1) is 22.6. The predicted octanol–water partition coefficient (Wildman–Crippen LogP) is 4.24. The number of pyridine rings is 1. The van der Waals surface area contributed by atoms with Gasteiger partial charge < -0.3 is 15.1 Å². The molecule has 0 radical (unpaired) electrons. The number of thioether (sulfide) groups is 1. The number of carbonyl (C=O) groups excluding carboxylic acids is 2. The summed E-state index contributed by atoms with van der Waals surface area (Å²) in [5, 5.41) is 1.01. The molecule has 1 aromatic carbocycles. The molecule has 2 N–H and O–H groups in total. The number of nitrogens with two attached hydrogens (primary N) is 1. The molecule has 9 heteroatoms. The molecule has 34 heavy (non-hydrogen) atoms. The molecule has 3 aromatic rings. The monoisotopic (exact) mass is 492 g/mol. The number of anilines is 1. The smallest absolute Gasteiger partial charge is 0.266 e. The lowest BCUT2D eigenvalue weighted by molar-refractivity contribution is -0.123.